The minimum absolute atomic E-state index is 0.0165. The van der Waals surface area contributed by atoms with Crippen LogP contribution in [0.1, 0.15) is 10.4 Å². The average molecular weight is 435 g/mol. The van der Waals surface area contributed by atoms with Crippen LogP contribution in [0.3, 0.4) is 0 Å². The lowest BCUT2D eigenvalue weighted by molar-refractivity contribution is -0.00787. The number of allylic oxidation sites excluding steroid dienone is 2. The summed E-state index contributed by atoms with van der Waals surface area (Å²) < 4.78 is 0. The number of hydrogen-bond acceptors (Lipinski definition) is 4. The zero-order valence-electron chi connectivity index (χ0n) is 16.2. The van der Waals surface area contributed by atoms with Crippen LogP contribution in [-0.4, -0.2) is 32.7 Å². The van der Waals surface area contributed by atoms with Gasteiger partial charge in [0.1, 0.15) is 11.5 Å². The number of aliphatic hydroxyl groups is 1. The van der Waals surface area contributed by atoms with Crippen molar-refractivity contribution >= 4 is 39.7 Å². The molecule has 0 radical (unpaired) electrons. The van der Waals surface area contributed by atoms with Crippen molar-refractivity contribution < 1.29 is 19.8 Å². The third kappa shape index (κ3) is 5.38. The minimum Gasteiger partial charge on any atom is -0.510 e. The molecule has 0 fully saturated rings. The van der Waals surface area contributed by atoms with E-state index in [1.54, 1.807) is 24.3 Å². The van der Waals surface area contributed by atoms with Gasteiger partial charge >= 0.3 is 5.71 Å². The third-order valence-electron chi connectivity index (χ3n) is 4.46. The highest BCUT2D eigenvalue weighted by Crippen LogP contribution is 2.25. The van der Waals surface area contributed by atoms with E-state index in [1.165, 1.54) is 12.2 Å². The first-order chi connectivity index (χ1) is 14.9. The Morgan fingerprint density at radius 1 is 1.00 bits per heavy atom. The summed E-state index contributed by atoms with van der Waals surface area (Å²) in [5.74, 6) is -0.443. The Kier molecular flexibility index (Phi) is 6.85. The van der Waals surface area contributed by atoms with Crippen LogP contribution in [0, 0.1) is 0 Å². The Morgan fingerprint density at radius 2 is 1.61 bits per heavy atom. The molecule has 31 heavy (non-hydrogen) atoms. The summed E-state index contributed by atoms with van der Waals surface area (Å²) in [6.07, 6.45) is 2.69. The lowest BCUT2D eigenvalue weighted by Crippen LogP contribution is -2.33. The number of amides is 1. The number of carbonyl (C=O) groups excluding carboxylic acids is 1. The highest BCUT2D eigenvalue weighted by atomic mass is 35.5. The van der Waals surface area contributed by atoms with E-state index in [4.69, 9.17) is 28.0 Å². The fraction of sp³-hybridized carbons (Fsp3) is 0.0435. The summed E-state index contributed by atoms with van der Waals surface area (Å²) in [7, 11) is 0. The van der Waals surface area contributed by atoms with Gasteiger partial charge in [-0.05, 0) is 41.1 Å². The van der Waals surface area contributed by atoms with E-state index in [2.05, 4.69) is 10.1 Å². The maximum Gasteiger partial charge on any atom is 0.317 e. The van der Waals surface area contributed by atoms with Crippen LogP contribution in [0.15, 0.2) is 89.7 Å². The molecule has 4 rings (SSSR count). The van der Waals surface area contributed by atoms with Gasteiger partial charge in [-0.15, -0.1) is 0 Å². The van der Waals surface area contributed by atoms with E-state index < -0.39 is 6.04 Å². The molecule has 7 nitrogen and oxygen atoms in total. The first kappa shape index (κ1) is 21.8. The molecule has 3 aromatic rings. The van der Waals surface area contributed by atoms with Crippen LogP contribution in [-0.2, 0) is 0 Å². The number of anilines is 1. The predicted molar refractivity (Wildman–Crippen MR) is 121 cm³/mol. The molecule has 0 aromatic heterocycles. The van der Waals surface area contributed by atoms with Gasteiger partial charge in [0.05, 0.1) is 10.6 Å². The smallest absolute Gasteiger partial charge is 0.317 e. The summed E-state index contributed by atoms with van der Waals surface area (Å²) in [4.78, 5) is 15.1. The van der Waals surface area contributed by atoms with E-state index in [0.29, 0.717) is 5.69 Å². The zero-order chi connectivity index (χ0) is 22.4. The van der Waals surface area contributed by atoms with Gasteiger partial charge in [0.25, 0.3) is 5.91 Å². The molecule has 1 aliphatic carbocycles. The molecular formula is C23H19ClN4O3. The van der Waals surface area contributed by atoms with Crippen LogP contribution < -0.4 is 11.1 Å². The average Bonchev–Trinajstić information content (AvgIpc) is 2.76. The molecule has 3 aromatic carbocycles. The number of nitrogens with zero attached hydrogens (tertiary/aromatic N) is 2. The zero-order valence-corrected chi connectivity index (χ0v) is 17.0. The topological polar surface area (TPSA) is 132 Å². The normalized spacial score (nSPS) is 15.2. The van der Waals surface area contributed by atoms with E-state index >= 15 is 0 Å². The van der Waals surface area contributed by atoms with Gasteiger partial charge in [-0.3, -0.25) is 4.79 Å². The second kappa shape index (κ2) is 9.73. The molecule has 0 bridgehead atoms. The number of fused-ring (bicyclic) bond motifs is 1. The number of aromatic hydroxyl groups is 1. The van der Waals surface area contributed by atoms with Crippen molar-refractivity contribution in [2.75, 3.05) is 5.32 Å². The molecule has 0 spiro atoms. The summed E-state index contributed by atoms with van der Waals surface area (Å²) in [5, 5.41) is 23.9. The maximum atomic E-state index is 12.2. The number of para-hydroxylation sites is 1. The number of phenols is 1. The van der Waals surface area contributed by atoms with Crippen LogP contribution in [0.2, 0.25) is 0 Å². The quantitative estimate of drug-likeness (QED) is 0.352. The number of aliphatic hydroxyl groups excluding tert-OH is 1. The minimum atomic E-state index is -0.775. The molecule has 5 N–H and O–H groups in total. The fourth-order valence-corrected chi connectivity index (χ4v) is 3.10. The highest BCUT2D eigenvalue weighted by molar-refractivity contribution is 6.33. The van der Waals surface area contributed by atoms with E-state index in [9.17, 15) is 9.90 Å². The largest absolute Gasteiger partial charge is 0.510 e. The number of nitrogens with one attached hydrogen (secondary N) is 1. The molecule has 1 unspecified atom stereocenters. The Bertz CT molecular complexity index is 1230. The number of nitrogens with two attached hydrogens (primary N) is 1. The standard InChI is InChI=1S/C17H13NO2.C6H6ClN3O/c19-16-11-13-7-5-4-6-12(13)10-15(16)17(20)18-14-8-2-1-3-9-14;7-3-1-4(10-9)6(8)5(11)2-3/h1-11,19H,(H,18,20);1-2,6,11H,8H2. The van der Waals surface area contributed by atoms with Crippen LogP contribution in [0.25, 0.3) is 16.3 Å². The molecule has 8 heteroatoms. The summed E-state index contributed by atoms with van der Waals surface area (Å²) in [5.41, 5.74) is 14.9. The number of hydrogen-bond donors (Lipinski definition) is 4. The van der Waals surface area contributed by atoms with Gasteiger partial charge in [-0.2, -0.15) is 4.79 Å². The Labute approximate surface area is 183 Å². The van der Waals surface area contributed by atoms with Crippen LogP contribution in [0.4, 0.5) is 5.69 Å². The number of halogens is 1. The lowest BCUT2D eigenvalue weighted by atomic mass is 10.1. The second-order valence-corrected chi connectivity index (χ2v) is 7.07. The molecule has 1 atom stereocenters. The fourth-order valence-electron chi connectivity index (χ4n) is 2.88. The summed E-state index contributed by atoms with van der Waals surface area (Å²) in [6.45, 7) is 0. The van der Waals surface area contributed by atoms with Crippen LogP contribution in [0.5, 0.6) is 5.75 Å². The molecule has 1 aliphatic rings. The number of rotatable bonds is 2. The van der Waals surface area contributed by atoms with E-state index in [1.807, 2.05) is 42.5 Å². The Balaban J connectivity index is 0.000000210. The second-order valence-electron chi connectivity index (χ2n) is 6.64. The Hall–Kier alpha value is -3.90. The first-order valence-corrected chi connectivity index (χ1v) is 9.60. The summed E-state index contributed by atoms with van der Waals surface area (Å²) >= 11 is 5.53. The SMILES string of the molecule is O=C(Nc1ccccc1)c1cc2ccccc2cc1O.[N-]=[N+]=C1C=C(Cl)C=C(O)C1N. The molecule has 1 amide bonds. The predicted octanol–water partition coefficient (Wildman–Crippen LogP) is 4.36. The van der Waals surface area contributed by atoms with Gasteiger partial charge in [-0.1, -0.05) is 54.1 Å². The van der Waals surface area contributed by atoms with Gasteiger partial charge < -0.3 is 26.8 Å². The van der Waals surface area contributed by atoms with Crippen molar-refractivity contribution in [3.05, 3.63) is 101 Å². The number of phenolic OH excluding ortho intramolecular Hbond substituents is 1. The van der Waals surface area contributed by atoms with E-state index in [0.717, 1.165) is 10.8 Å². The van der Waals surface area contributed by atoms with Crippen LogP contribution >= 0.6 is 11.6 Å². The molecular weight excluding hydrogens is 416 g/mol. The van der Waals surface area contributed by atoms with Crippen molar-refractivity contribution in [1.29, 1.82) is 0 Å². The molecule has 0 saturated heterocycles. The number of carbonyl (C=O) groups is 1. The van der Waals surface area contributed by atoms with Crippen molar-refractivity contribution in [3.8, 4) is 5.75 Å². The maximum absolute atomic E-state index is 12.2. The van der Waals surface area contributed by atoms with Crippen molar-refractivity contribution in [2.24, 2.45) is 5.73 Å². The summed E-state index contributed by atoms with van der Waals surface area (Å²) in [6, 6.07) is 19.3. The van der Waals surface area contributed by atoms with Crippen molar-refractivity contribution in [1.82, 2.24) is 0 Å². The molecule has 0 saturated carbocycles. The number of benzene rings is 3. The molecule has 156 valence electrons. The van der Waals surface area contributed by atoms with Crippen molar-refractivity contribution in [3.63, 3.8) is 0 Å². The van der Waals surface area contributed by atoms with Gasteiger partial charge in [0.15, 0.2) is 6.04 Å². The molecule has 0 heterocycles. The van der Waals surface area contributed by atoms with Crippen molar-refractivity contribution in [2.45, 2.75) is 6.04 Å². The van der Waals surface area contributed by atoms with Gasteiger partial charge in [0.2, 0.25) is 0 Å². The molecule has 0 aliphatic heterocycles. The van der Waals surface area contributed by atoms with Gasteiger partial charge in [0, 0.05) is 11.8 Å². The van der Waals surface area contributed by atoms with E-state index in [-0.39, 0.29) is 33.7 Å². The highest BCUT2D eigenvalue weighted by Gasteiger charge is 2.25. The van der Waals surface area contributed by atoms with Gasteiger partial charge in [-0.25, -0.2) is 0 Å². The monoisotopic (exact) mass is 434 g/mol. The third-order valence-corrected chi connectivity index (χ3v) is 4.68. The Morgan fingerprint density at radius 3 is 2.26 bits per heavy atom. The lowest BCUT2D eigenvalue weighted by Gasteiger charge is -2.08. The first-order valence-electron chi connectivity index (χ1n) is 9.22.